The van der Waals surface area contributed by atoms with Gasteiger partial charge in [0.1, 0.15) is 5.75 Å². The average molecular weight is 443 g/mol. The summed E-state index contributed by atoms with van der Waals surface area (Å²) in [7, 11) is 1.59. The lowest BCUT2D eigenvalue weighted by Gasteiger charge is -2.18. The van der Waals surface area contributed by atoms with Gasteiger partial charge in [0.05, 0.1) is 18.9 Å². The lowest BCUT2D eigenvalue weighted by atomic mass is 10.1. The molecule has 6 nitrogen and oxygen atoms in total. The van der Waals surface area contributed by atoms with Crippen LogP contribution in [0, 0.1) is 6.92 Å². The van der Waals surface area contributed by atoms with Gasteiger partial charge >= 0.3 is 0 Å². The lowest BCUT2D eigenvalue weighted by molar-refractivity contribution is 0.391. The first-order valence-electron chi connectivity index (χ1n) is 9.44. The Bertz CT molecular complexity index is 1170. The molecule has 30 heavy (non-hydrogen) atoms. The molecule has 0 saturated carbocycles. The third-order valence-corrected chi connectivity index (χ3v) is 6.80. The van der Waals surface area contributed by atoms with E-state index in [9.17, 15) is 8.76 Å². The standard InChI is InChI=1S/C22H22N2O4S2/c1-15-3-6-22-17(9-15)11-18(29-22)7-8-24(30(25)26)13-16-4-5-19(20(10-16)27-2)21-12-23-14-28-21/h3-6,9-12,14H,7-8,13H2,1-2H3,(H,25,26). The maximum atomic E-state index is 11.9. The summed E-state index contributed by atoms with van der Waals surface area (Å²) in [6.07, 6.45) is 3.70. The highest BCUT2D eigenvalue weighted by Gasteiger charge is 2.16. The highest BCUT2D eigenvalue weighted by molar-refractivity contribution is 7.76. The maximum absolute atomic E-state index is 11.9. The summed E-state index contributed by atoms with van der Waals surface area (Å²) in [6, 6.07) is 14.2. The minimum atomic E-state index is -2.07. The fourth-order valence-corrected chi connectivity index (χ4v) is 4.92. The molecule has 1 N–H and O–H groups in total. The average Bonchev–Trinajstić information content (AvgIpc) is 3.40. The normalized spacial score (nSPS) is 12.5. The van der Waals surface area contributed by atoms with Gasteiger partial charge in [-0.25, -0.2) is 9.19 Å². The van der Waals surface area contributed by atoms with E-state index in [4.69, 9.17) is 9.15 Å². The van der Waals surface area contributed by atoms with Crippen LogP contribution >= 0.6 is 11.3 Å². The number of nitrogens with zero attached hydrogens (tertiary/aromatic N) is 2. The van der Waals surface area contributed by atoms with Crippen LogP contribution in [0.25, 0.3) is 21.4 Å². The Kier molecular flexibility index (Phi) is 6.29. The number of ether oxygens (including phenoxy) is 1. The smallest absolute Gasteiger partial charge is 0.234 e. The number of fused-ring (bicyclic) bond motifs is 1. The molecule has 0 saturated heterocycles. The highest BCUT2D eigenvalue weighted by Crippen LogP contribution is 2.31. The van der Waals surface area contributed by atoms with E-state index in [0.29, 0.717) is 31.0 Å². The van der Waals surface area contributed by atoms with E-state index in [1.165, 1.54) is 26.9 Å². The number of thiophene rings is 1. The van der Waals surface area contributed by atoms with Crippen LogP contribution < -0.4 is 4.74 Å². The second-order valence-electron chi connectivity index (χ2n) is 7.00. The van der Waals surface area contributed by atoms with Gasteiger partial charge in [0.2, 0.25) is 11.3 Å². The molecule has 0 amide bonds. The van der Waals surface area contributed by atoms with Crippen molar-refractivity contribution in [2.75, 3.05) is 13.7 Å². The van der Waals surface area contributed by atoms with E-state index >= 15 is 0 Å². The van der Waals surface area contributed by atoms with Gasteiger partial charge in [0.15, 0.2) is 12.2 Å². The number of aromatic nitrogens is 1. The van der Waals surface area contributed by atoms with Crippen molar-refractivity contribution in [3.63, 3.8) is 0 Å². The lowest BCUT2D eigenvalue weighted by Crippen LogP contribution is -2.27. The summed E-state index contributed by atoms with van der Waals surface area (Å²) in [5, 5.41) is 1.22. The third kappa shape index (κ3) is 4.62. The molecule has 1 unspecified atom stereocenters. The van der Waals surface area contributed by atoms with E-state index in [1.807, 2.05) is 18.2 Å². The second-order valence-corrected chi connectivity index (χ2v) is 9.14. The zero-order valence-corrected chi connectivity index (χ0v) is 18.3. The van der Waals surface area contributed by atoms with Gasteiger partial charge in [-0.15, -0.1) is 11.3 Å². The molecule has 0 aliphatic rings. The van der Waals surface area contributed by atoms with Crippen LogP contribution in [-0.2, 0) is 24.2 Å². The number of rotatable bonds is 8. The van der Waals surface area contributed by atoms with Crippen molar-refractivity contribution >= 4 is 32.7 Å². The summed E-state index contributed by atoms with van der Waals surface area (Å²) < 4.78 is 35.4. The SMILES string of the molecule is COc1cc(CN(CCc2cc3cc(C)ccc3s2)S(=O)O)ccc1-c1cnco1. The zero-order chi connectivity index (χ0) is 21.1. The molecule has 0 aliphatic carbocycles. The van der Waals surface area contributed by atoms with Crippen LogP contribution in [0.15, 0.2) is 59.5 Å². The Hall–Kier alpha value is -2.52. The number of aryl methyl sites for hydroxylation is 1. The molecule has 0 bridgehead atoms. The molecule has 0 fully saturated rings. The molecule has 156 valence electrons. The van der Waals surface area contributed by atoms with Crippen LogP contribution in [0.2, 0.25) is 0 Å². The van der Waals surface area contributed by atoms with Gasteiger partial charge in [-0.1, -0.05) is 23.8 Å². The van der Waals surface area contributed by atoms with Crippen LogP contribution in [0.5, 0.6) is 5.75 Å². The highest BCUT2D eigenvalue weighted by atomic mass is 32.2. The number of oxazole rings is 1. The van der Waals surface area contributed by atoms with E-state index in [2.05, 4.69) is 36.2 Å². The van der Waals surface area contributed by atoms with Crippen molar-refractivity contribution in [2.45, 2.75) is 19.9 Å². The summed E-state index contributed by atoms with van der Waals surface area (Å²) in [6.45, 7) is 2.89. The Morgan fingerprint density at radius 3 is 2.83 bits per heavy atom. The van der Waals surface area contributed by atoms with Crippen molar-refractivity contribution in [3.05, 3.63) is 71.1 Å². The third-order valence-electron chi connectivity index (χ3n) is 4.87. The molecule has 2 heterocycles. The number of methoxy groups -OCH3 is 1. The number of hydrogen-bond donors (Lipinski definition) is 1. The molecule has 8 heteroatoms. The molecule has 2 aromatic heterocycles. The van der Waals surface area contributed by atoms with Crippen LogP contribution in [0.1, 0.15) is 16.0 Å². The minimum Gasteiger partial charge on any atom is -0.496 e. The summed E-state index contributed by atoms with van der Waals surface area (Å²) >= 11 is -0.345. The fraction of sp³-hybridized carbons (Fsp3) is 0.227. The molecule has 2 aromatic carbocycles. The van der Waals surface area contributed by atoms with Crippen molar-refractivity contribution in [3.8, 4) is 17.1 Å². The van der Waals surface area contributed by atoms with Gasteiger partial charge in [-0.2, -0.15) is 4.31 Å². The zero-order valence-electron chi connectivity index (χ0n) is 16.7. The van der Waals surface area contributed by atoms with Crippen molar-refractivity contribution in [1.82, 2.24) is 9.29 Å². The van der Waals surface area contributed by atoms with Gasteiger partial charge in [0.25, 0.3) is 0 Å². The van der Waals surface area contributed by atoms with E-state index in [1.54, 1.807) is 28.9 Å². The fourth-order valence-electron chi connectivity index (χ4n) is 3.38. The maximum Gasteiger partial charge on any atom is 0.234 e. The van der Waals surface area contributed by atoms with Crippen molar-refractivity contribution < 1.29 is 17.9 Å². The molecule has 0 radical (unpaired) electrons. The number of benzene rings is 2. The van der Waals surface area contributed by atoms with Crippen molar-refractivity contribution in [2.24, 2.45) is 0 Å². The summed E-state index contributed by atoms with van der Waals surface area (Å²) in [4.78, 5) is 5.14. The molecule has 4 aromatic rings. The molecular formula is C22H22N2O4S2. The Labute approximate surface area is 181 Å². The predicted molar refractivity (Wildman–Crippen MR) is 120 cm³/mol. The molecular weight excluding hydrogens is 420 g/mol. The van der Waals surface area contributed by atoms with Crippen LogP contribution in [-0.4, -0.2) is 31.7 Å². The van der Waals surface area contributed by atoms with Crippen molar-refractivity contribution in [1.29, 1.82) is 0 Å². The van der Waals surface area contributed by atoms with Gasteiger partial charge in [-0.05, 0) is 48.6 Å². The predicted octanol–water partition coefficient (Wildman–Crippen LogP) is 5.05. The second kappa shape index (κ2) is 9.09. The summed E-state index contributed by atoms with van der Waals surface area (Å²) in [5.41, 5.74) is 2.90. The molecule has 0 aliphatic heterocycles. The van der Waals surface area contributed by atoms with Crippen LogP contribution in [0.3, 0.4) is 0 Å². The Balaban J connectivity index is 1.48. The minimum absolute atomic E-state index is 0.333. The van der Waals surface area contributed by atoms with E-state index in [0.717, 1.165) is 11.1 Å². The van der Waals surface area contributed by atoms with Gasteiger partial charge < -0.3 is 9.15 Å². The topological polar surface area (TPSA) is 75.8 Å². The largest absolute Gasteiger partial charge is 0.496 e. The van der Waals surface area contributed by atoms with E-state index in [-0.39, 0.29) is 0 Å². The molecule has 4 rings (SSSR count). The molecule has 0 spiro atoms. The van der Waals surface area contributed by atoms with Crippen LogP contribution in [0.4, 0.5) is 0 Å². The first-order valence-corrected chi connectivity index (χ1v) is 11.3. The van der Waals surface area contributed by atoms with Gasteiger partial charge in [-0.3, -0.25) is 4.55 Å². The summed E-state index contributed by atoms with van der Waals surface area (Å²) in [5.74, 6) is 1.24. The first-order chi connectivity index (χ1) is 14.5. The Morgan fingerprint density at radius 2 is 2.10 bits per heavy atom. The first kappa shape index (κ1) is 20.7. The molecule has 1 atom stereocenters. The monoisotopic (exact) mass is 442 g/mol. The Morgan fingerprint density at radius 1 is 1.23 bits per heavy atom. The van der Waals surface area contributed by atoms with E-state index < -0.39 is 11.3 Å². The number of hydrogen-bond acceptors (Lipinski definition) is 5. The quantitative estimate of drug-likeness (QED) is 0.386. The van der Waals surface area contributed by atoms with Gasteiger partial charge in [0, 0.05) is 22.7 Å².